The molecule has 1 saturated carbocycles. The molecular weight excluding hydrogens is 306 g/mol. The number of H-pyrrole nitrogens is 1. The lowest BCUT2D eigenvalue weighted by molar-refractivity contribution is -0.148. The van der Waals surface area contributed by atoms with E-state index < -0.39 is 0 Å². The largest absolute Gasteiger partial charge is 0.375 e. The van der Waals surface area contributed by atoms with Crippen molar-refractivity contribution < 1.29 is 9.53 Å². The van der Waals surface area contributed by atoms with E-state index in [-0.39, 0.29) is 41.6 Å². The van der Waals surface area contributed by atoms with Crippen LogP contribution in [0.3, 0.4) is 0 Å². The lowest BCUT2D eigenvalue weighted by Gasteiger charge is -2.52. The fourth-order valence-electron chi connectivity index (χ4n) is 3.24. The van der Waals surface area contributed by atoms with Crippen LogP contribution in [0, 0.1) is 19.3 Å². The molecule has 0 bridgehead atoms. The fraction of sp³-hybridized carbons (Fsp3) is 0.722. The van der Waals surface area contributed by atoms with Gasteiger partial charge in [-0.15, -0.1) is 0 Å². The van der Waals surface area contributed by atoms with Crippen LogP contribution >= 0.6 is 0 Å². The second kappa shape index (κ2) is 7.05. The minimum Gasteiger partial charge on any atom is -0.375 e. The Balaban J connectivity index is 1.88. The molecule has 134 valence electrons. The van der Waals surface area contributed by atoms with Crippen LogP contribution in [0.2, 0.25) is 0 Å². The first kappa shape index (κ1) is 18.6. The lowest BCUT2D eigenvalue weighted by Crippen LogP contribution is -2.62. The highest BCUT2D eigenvalue weighted by Crippen LogP contribution is 2.43. The Morgan fingerprint density at radius 2 is 2.08 bits per heavy atom. The normalized spacial score (nSPS) is 22.3. The third-order valence-corrected chi connectivity index (χ3v) is 4.89. The van der Waals surface area contributed by atoms with Gasteiger partial charge in [-0.25, -0.2) is 4.98 Å². The number of rotatable bonds is 6. The highest BCUT2D eigenvalue weighted by molar-refractivity contribution is 5.76. The Bertz CT molecular complexity index is 664. The zero-order valence-corrected chi connectivity index (χ0v) is 15.5. The highest BCUT2D eigenvalue weighted by Gasteiger charge is 2.49. The van der Waals surface area contributed by atoms with E-state index in [1.807, 2.05) is 13.8 Å². The van der Waals surface area contributed by atoms with E-state index in [9.17, 15) is 9.59 Å². The first-order valence-electron chi connectivity index (χ1n) is 8.62. The number of aromatic nitrogens is 2. The molecule has 1 aliphatic rings. The molecule has 6 heteroatoms. The SMILES string of the molecule is Cc1nc(C)c(CCC(=O)N[C@H]2C[C@@H](OC(C)C)C2(C)C)c(=O)[nH]1. The summed E-state index contributed by atoms with van der Waals surface area (Å²) in [5, 5.41) is 3.08. The molecule has 1 aromatic rings. The van der Waals surface area contributed by atoms with Crippen molar-refractivity contribution in [3.63, 3.8) is 0 Å². The molecular formula is C18H29N3O3. The van der Waals surface area contributed by atoms with Crippen LogP contribution in [0.1, 0.15) is 57.6 Å². The van der Waals surface area contributed by atoms with Crippen molar-refractivity contribution in [3.8, 4) is 0 Å². The number of nitrogens with one attached hydrogen (secondary N) is 2. The highest BCUT2D eigenvalue weighted by atomic mass is 16.5. The Labute approximate surface area is 143 Å². The minimum atomic E-state index is -0.151. The first-order chi connectivity index (χ1) is 11.1. The van der Waals surface area contributed by atoms with Crippen LogP contribution in [0.25, 0.3) is 0 Å². The molecule has 24 heavy (non-hydrogen) atoms. The van der Waals surface area contributed by atoms with Crippen LogP contribution in [0.5, 0.6) is 0 Å². The Kier molecular flexibility index (Phi) is 5.48. The number of aryl methyl sites for hydroxylation is 2. The van der Waals surface area contributed by atoms with E-state index in [0.717, 1.165) is 6.42 Å². The van der Waals surface area contributed by atoms with Gasteiger partial charge in [0.2, 0.25) is 5.91 Å². The monoisotopic (exact) mass is 335 g/mol. The van der Waals surface area contributed by atoms with Crippen molar-refractivity contribution in [2.45, 2.75) is 79.1 Å². The molecule has 0 aliphatic heterocycles. The Hall–Kier alpha value is -1.69. The van der Waals surface area contributed by atoms with Gasteiger partial charge in [0.15, 0.2) is 0 Å². The van der Waals surface area contributed by atoms with Crippen molar-refractivity contribution in [2.75, 3.05) is 0 Å². The summed E-state index contributed by atoms with van der Waals surface area (Å²) in [4.78, 5) is 31.2. The maximum absolute atomic E-state index is 12.2. The van der Waals surface area contributed by atoms with Crippen LogP contribution in [-0.2, 0) is 16.0 Å². The molecule has 1 fully saturated rings. The van der Waals surface area contributed by atoms with Crippen molar-refractivity contribution in [2.24, 2.45) is 5.41 Å². The van der Waals surface area contributed by atoms with Gasteiger partial charge in [0, 0.05) is 29.1 Å². The van der Waals surface area contributed by atoms with Gasteiger partial charge in [0.1, 0.15) is 5.82 Å². The van der Waals surface area contributed by atoms with E-state index in [4.69, 9.17) is 4.74 Å². The summed E-state index contributed by atoms with van der Waals surface area (Å²) in [7, 11) is 0. The number of aromatic amines is 1. The average Bonchev–Trinajstić information content (AvgIpc) is 2.44. The molecule has 2 atom stereocenters. The third-order valence-electron chi connectivity index (χ3n) is 4.89. The minimum absolute atomic E-state index is 0.0320. The molecule has 0 aromatic carbocycles. The summed E-state index contributed by atoms with van der Waals surface area (Å²) in [6, 6.07) is 0.115. The van der Waals surface area contributed by atoms with Crippen LogP contribution in [-0.4, -0.2) is 34.1 Å². The topological polar surface area (TPSA) is 84.1 Å². The second-order valence-electron chi connectivity index (χ2n) is 7.57. The number of carbonyl (C=O) groups is 1. The van der Waals surface area contributed by atoms with Gasteiger partial charge in [-0.05, 0) is 40.5 Å². The van der Waals surface area contributed by atoms with Crippen molar-refractivity contribution in [3.05, 3.63) is 27.4 Å². The molecule has 0 unspecified atom stereocenters. The Morgan fingerprint density at radius 3 is 2.62 bits per heavy atom. The van der Waals surface area contributed by atoms with Crippen molar-refractivity contribution in [1.82, 2.24) is 15.3 Å². The van der Waals surface area contributed by atoms with Gasteiger partial charge in [-0.3, -0.25) is 9.59 Å². The number of nitrogens with zero attached hydrogens (tertiary/aromatic N) is 1. The zero-order valence-electron chi connectivity index (χ0n) is 15.5. The predicted molar refractivity (Wildman–Crippen MR) is 93.0 cm³/mol. The lowest BCUT2D eigenvalue weighted by atomic mass is 9.64. The van der Waals surface area contributed by atoms with Gasteiger partial charge in [0.25, 0.3) is 5.56 Å². The summed E-state index contributed by atoms with van der Waals surface area (Å²) in [6.45, 7) is 11.8. The first-order valence-corrected chi connectivity index (χ1v) is 8.62. The summed E-state index contributed by atoms with van der Waals surface area (Å²) < 4.78 is 5.88. The van der Waals surface area contributed by atoms with Crippen LogP contribution in [0.15, 0.2) is 4.79 Å². The molecule has 0 radical (unpaired) electrons. The van der Waals surface area contributed by atoms with Crippen molar-refractivity contribution >= 4 is 5.91 Å². The molecule has 0 saturated heterocycles. The zero-order chi connectivity index (χ0) is 18.1. The molecule has 2 rings (SSSR count). The quantitative estimate of drug-likeness (QED) is 0.833. The summed E-state index contributed by atoms with van der Waals surface area (Å²) in [5.74, 6) is 0.563. The molecule has 1 heterocycles. The average molecular weight is 335 g/mol. The van der Waals surface area contributed by atoms with E-state index in [1.165, 1.54) is 0 Å². The van der Waals surface area contributed by atoms with Crippen molar-refractivity contribution in [1.29, 1.82) is 0 Å². The van der Waals surface area contributed by atoms with Gasteiger partial charge in [-0.2, -0.15) is 0 Å². The van der Waals surface area contributed by atoms with E-state index in [0.29, 0.717) is 23.5 Å². The molecule has 2 N–H and O–H groups in total. The molecule has 1 amide bonds. The summed E-state index contributed by atoms with van der Waals surface area (Å²) in [5.41, 5.74) is 1.06. The summed E-state index contributed by atoms with van der Waals surface area (Å²) in [6.07, 6.45) is 1.89. The standard InChI is InChI=1S/C18H29N3O3/c1-10(2)24-15-9-14(18(15,5)6)21-16(22)8-7-13-11(3)19-12(4)20-17(13)23/h10,14-15H,7-9H2,1-6H3,(H,21,22)(H,19,20,23)/t14-,15+/m0/s1. The predicted octanol–water partition coefficient (Wildman–Crippen LogP) is 2.03. The number of amides is 1. The van der Waals surface area contributed by atoms with Crippen LogP contribution < -0.4 is 10.9 Å². The van der Waals surface area contributed by atoms with Gasteiger partial charge in [-0.1, -0.05) is 13.8 Å². The van der Waals surface area contributed by atoms with Gasteiger partial charge < -0.3 is 15.0 Å². The number of hydrogen-bond donors (Lipinski definition) is 2. The smallest absolute Gasteiger partial charge is 0.254 e. The fourth-order valence-corrected chi connectivity index (χ4v) is 3.24. The van der Waals surface area contributed by atoms with Gasteiger partial charge >= 0.3 is 0 Å². The molecule has 1 aromatic heterocycles. The number of hydrogen-bond acceptors (Lipinski definition) is 4. The maximum atomic E-state index is 12.2. The Morgan fingerprint density at radius 1 is 1.42 bits per heavy atom. The van der Waals surface area contributed by atoms with Gasteiger partial charge in [0.05, 0.1) is 12.2 Å². The molecule has 1 aliphatic carbocycles. The third kappa shape index (κ3) is 4.04. The van der Waals surface area contributed by atoms with E-state index in [2.05, 4.69) is 29.1 Å². The van der Waals surface area contributed by atoms with E-state index in [1.54, 1.807) is 13.8 Å². The maximum Gasteiger partial charge on any atom is 0.254 e. The molecule has 6 nitrogen and oxygen atoms in total. The van der Waals surface area contributed by atoms with Crippen LogP contribution in [0.4, 0.5) is 0 Å². The number of carbonyl (C=O) groups excluding carboxylic acids is 1. The summed E-state index contributed by atoms with van der Waals surface area (Å²) >= 11 is 0. The van der Waals surface area contributed by atoms with E-state index >= 15 is 0 Å². The second-order valence-corrected chi connectivity index (χ2v) is 7.57. The molecule has 0 spiro atoms. The number of ether oxygens (including phenoxy) is 1.